The summed E-state index contributed by atoms with van der Waals surface area (Å²) in [6.45, 7) is 4.47. The molecular weight excluding hydrogens is 318 g/mol. The molecule has 3 saturated carbocycles. The summed E-state index contributed by atoms with van der Waals surface area (Å²) >= 11 is 0. The SMILES string of the molecule is CCCCCC12CCC(c3nnc(-c4ccccc4C)n3C)(CC1)CC2. The Morgan fingerprint density at radius 1 is 0.962 bits per heavy atom. The smallest absolute Gasteiger partial charge is 0.163 e. The van der Waals surface area contributed by atoms with E-state index >= 15 is 0 Å². The molecule has 0 amide bonds. The molecule has 5 rings (SSSR count). The number of aryl methyl sites for hydroxylation is 1. The molecule has 3 nitrogen and oxygen atoms in total. The molecule has 0 radical (unpaired) electrons. The Morgan fingerprint density at radius 3 is 2.31 bits per heavy atom. The van der Waals surface area contributed by atoms with Crippen molar-refractivity contribution in [2.45, 2.75) is 83.5 Å². The Labute approximate surface area is 158 Å². The Balaban J connectivity index is 1.56. The van der Waals surface area contributed by atoms with Crippen molar-refractivity contribution >= 4 is 0 Å². The molecule has 3 heteroatoms. The van der Waals surface area contributed by atoms with Gasteiger partial charge in [0.2, 0.25) is 0 Å². The van der Waals surface area contributed by atoms with Crippen LogP contribution < -0.4 is 0 Å². The van der Waals surface area contributed by atoms with Gasteiger partial charge in [0.05, 0.1) is 0 Å². The predicted molar refractivity (Wildman–Crippen MR) is 107 cm³/mol. The minimum Gasteiger partial charge on any atom is -0.314 e. The molecular formula is C23H33N3. The van der Waals surface area contributed by atoms with Gasteiger partial charge in [0.15, 0.2) is 5.82 Å². The van der Waals surface area contributed by atoms with E-state index in [-0.39, 0.29) is 5.41 Å². The molecule has 0 unspecified atom stereocenters. The van der Waals surface area contributed by atoms with Gasteiger partial charge in [-0.05, 0) is 62.8 Å². The van der Waals surface area contributed by atoms with Crippen molar-refractivity contribution in [1.82, 2.24) is 14.8 Å². The van der Waals surface area contributed by atoms with Gasteiger partial charge in [-0.25, -0.2) is 0 Å². The van der Waals surface area contributed by atoms with Gasteiger partial charge in [-0.3, -0.25) is 0 Å². The Hall–Kier alpha value is -1.64. The molecule has 1 aromatic heterocycles. The lowest BCUT2D eigenvalue weighted by Crippen LogP contribution is -2.45. The molecule has 26 heavy (non-hydrogen) atoms. The van der Waals surface area contributed by atoms with Crippen molar-refractivity contribution in [3.8, 4) is 11.4 Å². The van der Waals surface area contributed by atoms with Gasteiger partial charge in [0.25, 0.3) is 0 Å². The maximum Gasteiger partial charge on any atom is 0.163 e. The fourth-order valence-electron chi connectivity index (χ4n) is 5.57. The molecule has 1 aromatic carbocycles. The fourth-order valence-corrected chi connectivity index (χ4v) is 5.57. The molecule has 2 bridgehead atoms. The summed E-state index contributed by atoms with van der Waals surface area (Å²) in [5, 5.41) is 9.36. The Kier molecular flexibility index (Phi) is 4.66. The Bertz CT molecular complexity index is 749. The van der Waals surface area contributed by atoms with Crippen molar-refractivity contribution in [2.24, 2.45) is 12.5 Å². The number of aromatic nitrogens is 3. The summed E-state index contributed by atoms with van der Waals surface area (Å²) in [5.74, 6) is 2.26. The van der Waals surface area contributed by atoms with Crippen molar-refractivity contribution < 1.29 is 0 Å². The lowest BCUT2D eigenvalue weighted by molar-refractivity contribution is 0.0250. The first-order valence-electron chi connectivity index (χ1n) is 10.6. The molecule has 3 aliphatic carbocycles. The van der Waals surface area contributed by atoms with Crippen LogP contribution in [0.4, 0.5) is 0 Å². The zero-order chi connectivity index (χ0) is 18.2. The van der Waals surface area contributed by atoms with Crippen molar-refractivity contribution in [2.75, 3.05) is 0 Å². The topological polar surface area (TPSA) is 30.7 Å². The highest BCUT2D eigenvalue weighted by Gasteiger charge is 2.51. The molecule has 3 fully saturated rings. The summed E-state index contributed by atoms with van der Waals surface area (Å²) in [6.07, 6.45) is 13.7. The first kappa shape index (κ1) is 17.8. The van der Waals surface area contributed by atoms with Crippen LogP contribution in [0.25, 0.3) is 11.4 Å². The van der Waals surface area contributed by atoms with Crippen LogP contribution in [0.2, 0.25) is 0 Å². The number of benzene rings is 1. The van der Waals surface area contributed by atoms with Crippen LogP contribution in [0.3, 0.4) is 0 Å². The zero-order valence-corrected chi connectivity index (χ0v) is 16.7. The van der Waals surface area contributed by atoms with Crippen LogP contribution >= 0.6 is 0 Å². The summed E-state index contributed by atoms with van der Waals surface area (Å²) in [5.41, 5.74) is 3.41. The van der Waals surface area contributed by atoms with Gasteiger partial charge in [0, 0.05) is 18.0 Å². The van der Waals surface area contributed by atoms with E-state index < -0.39 is 0 Å². The second kappa shape index (κ2) is 6.83. The van der Waals surface area contributed by atoms with Gasteiger partial charge >= 0.3 is 0 Å². The first-order valence-corrected chi connectivity index (χ1v) is 10.6. The van der Waals surface area contributed by atoms with Crippen LogP contribution in [0.5, 0.6) is 0 Å². The van der Waals surface area contributed by atoms with Gasteiger partial charge in [-0.2, -0.15) is 0 Å². The van der Waals surface area contributed by atoms with Crippen LogP contribution in [0.15, 0.2) is 24.3 Å². The molecule has 2 aromatic rings. The highest BCUT2D eigenvalue weighted by atomic mass is 15.3. The van der Waals surface area contributed by atoms with E-state index in [2.05, 4.69) is 54.8 Å². The first-order chi connectivity index (χ1) is 12.6. The quantitative estimate of drug-likeness (QED) is 0.601. The summed E-state index contributed by atoms with van der Waals surface area (Å²) in [7, 11) is 2.17. The molecule has 1 heterocycles. The lowest BCUT2D eigenvalue weighted by atomic mass is 9.52. The molecule has 0 aliphatic heterocycles. The number of hydrogen-bond acceptors (Lipinski definition) is 2. The number of unbranched alkanes of at least 4 members (excludes halogenated alkanes) is 2. The minimum atomic E-state index is 0.273. The fraction of sp³-hybridized carbons (Fsp3) is 0.652. The van der Waals surface area contributed by atoms with E-state index in [0.29, 0.717) is 5.41 Å². The third-order valence-electron chi connectivity index (χ3n) is 7.45. The number of nitrogens with zero attached hydrogens (tertiary/aromatic N) is 3. The van der Waals surface area contributed by atoms with E-state index in [4.69, 9.17) is 5.10 Å². The van der Waals surface area contributed by atoms with E-state index in [0.717, 1.165) is 5.82 Å². The highest BCUT2D eigenvalue weighted by Crippen LogP contribution is 2.59. The van der Waals surface area contributed by atoms with E-state index in [1.165, 1.54) is 81.2 Å². The van der Waals surface area contributed by atoms with Gasteiger partial charge in [-0.1, -0.05) is 50.5 Å². The summed E-state index contributed by atoms with van der Waals surface area (Å²) in [4.78, 5) is 0. The second-order valence-electron chi connectivity index (χ2n) is 8.96. The summed E-state index contributed by atoms with van der Waals surface area (Å²) in [6, 6.07) is 8.52. The standard InChI is InChI=1S/C23H33N3/c1-4-5-8-11-22-12-15-23(16-13-22,17-14-22)21-25-24-20(26(21)3)19-10-7-6-9-18(19)2/h6-7,9-10H,4-5,8,11-17H2,1-3H3. The maximum absolute atomic E-state index is 4.74. The van der Waals surface area contributed by atoms with Crippen molar-refractivity contribution in [3.63, 3.8) is 0 Å². The van der Waals surface area contributed by atoms with Crippen LogP contribution in [-0.4, -0.2) is 14.8 Å². The van der Waals surface area contributed by atoms with Crippen molar-refractivity contribution in [3.05, 3.63) is 35.7 Å². The zero-order valence-electron chi connectivity index (χ0n) is 16.7. The number of rotatable bonds is 6. The number of hydrogen-bond donors (Lipinski definition) is 0. The average Bonchev–Trinajstić information content (AvgIpc) is 3.06. The Morgan fingerprint density at radius 2 is 1.65 bits per heavy atom. The van der Waals surface area contributed by atoms with Crippen LogP contribution in [0, 0.1) is 12.3 Å². The van der Waals surface area contributed by atoms with Gasteiger partial charge < -0.3 is 4.57 Å². The number of fused-ring (bicyclic) bond motifs is 3. The molecule has 3 aliphatic rings. The average molecular weight is 352 g/mol. The molecule has 0 N–H and O–H groups in total. The molecule has 0 saturated heterocycles. The van der Waals surface area contributed by atoms with Crippen LogP contribution in [0.1, 0.15) is 82.5 Å². The van der Waals surface area contributed by atoms with Crippen molar-refractivity contribution in [1.29, 1.82) is 0 Å². The third-order valence-corrected chi connectivity index (χ3v) is 7.45. The monoisotopic (exact) mass is 351 g/mol. The highest BCUT2D eigenvalue weighted by molar-refractivity contribution is 5.60. The maximum atomic E-state index is 4.74. The lowest BCUT2D eigenvalue weighted by Gasteiger charge is -2.53. The van der Waals surface area contributed by atoms with Gasteiger partial charge in [-0.15, -0.1) is 10.2 Å². The molecule has 140 valence electrons. The summed E-state index contributed by atoms with van der Waals surface area (Å²) < 4.78 is 2.29. The molecule has 0 atom stereocenters. The predicted octanol–water partition coefficient (Wildman–Crippen LogP) is 5.96. The second-order valence-corrected chi connectivity index (χ2v) is 8.96. The minimum absolute atomic E-state index is 0.273. The van der Waals surface area contributed by atoms with E-state index in [1.54, 1.807) is 0 Å². The normalized spacial score (nSPS) is 27.8. The van der Waals surface area contributed by atoms with Gasteiger partial charge in [0.1, 0.15) is 5.82 Å². The van der Waals surface area contributed by atoms with E-state index in [9.17, 15) is 0 Å². The third kappa shape index (κ3) is 2.90. The van der Waals surface area contributed by atoms with Crippen LogP contribution in [-0.2, 0) is 12.5 Å². The van der Waals surface area contributed by atoms with E-state index in [1.807, 2.05) is 0 Å². The largest absolute Gasteiger partial charge is 0.314 e. The molecule has 0 spiro atoms.